The largest absolute Gasteiger partial charge is 0.378 e. The zero-order valence-electron chi connectivity index (χ0n) is 14.2. The van der Waals surface area contributed by atoms with E-state index in [0.717, 1.165) is 0 Å². The number of rotatable bonds is 2. The smallest absolute Gasteiger partial charge is 0.315 e. The van der Waals surface area contributed by atoms with Crippen LogP contribution in [-0.2, 0) is 19.1 Å². The van der Waals surface area contributed by atoms with Crippen LogP contribution in [0.4, 0.5) is 5.82 Å². The Labute approximate surface area is 144 Å². The van der Waals surface area contributed by atoms with E-state index in [4.69, 9.17) is 4.74 Å². The Morgan fingerprint density at radius 2 is 2.08 bits per heavy atom. The maximum atomic E-state index is 12.3. The van der Waals surface area contributed by atoms with Crippen LogP contribution in [0, 0.1) is 6.92 Å². The van der Waals surface area contributed by atoms with Crippen LogP contribution in [0.5, 0.6) is 0 Å². The summed E-state index contributed by atoms with van der Waals surface area (Å²) in [5.74, 6) is -1.11. The van der Waals surface area contributed by atoms with Gasteiger partial charge in [-0.05, 0) is 13.8 Å². The SMILES string of the molecule is Cc1cc(NC(=O)C(=O)N2CCOCC2)n(C2NC(=O)CC(C)N2)n1. The van der Waals surface area contributed by atoms with Gasteiger partial charge in [0.15, 0.2) is 6.29 Å². The zero-order chi connectivity index (χ0) is 18.0. The molecule has 0 saturated carbocycles. The molecule has 25 heavy (non-hydrogen) atoms. The lowest BCUT2D eigenvalue weighted by molar-refractivity contribution is -0.145. The fourth-order valence-electron chi connectivity index (χ4n) is 2.88. The average molecular weight is 350 g/mol. The van der Waals surface area contributed by atoms with Gasteiger partial charge in [-0.15, -0.1) is 0 Å². The quantitative estimate of drug-likeness (QED) is 0.586. The van der Waals surface area contributed by atoms with Crippen molar-refractivity contribution in [2.24, 2.45) is 0 Å². The third-order valence-electron chi connectivity index (χ3n) is 4.07. The van der Waals surface area contributed by atoms with Crippen LogP contribution < -0.4 is 16.0 Å². The molecule has 3 amide bonds. The summed E-state index contributed by atoms with van der Waals surface area (Å²) in [6.07, 6.45) is -0.215. The van der Waals surface area contributed by atoms with Crippen LogP contribution in [0.25, 0.3) is 0 Å². The topological polar surface area (TPSA) is 118 Å². The number of aryl methyl sites for hydroxylation is 1. The molecule has 10 nitrogen and oxygen atoms in total. The lowest BCUT2D eigenvalue weighted by atomic mass is 10.2. The van der Waals surface area contributed by atoms with Gasteiger partial charge in [0, 0.05) is 31.6 Å². The van der Waals surface area contributed by atoms with E-state index in [1.807, 2.05) is 6.92 Å². The van der Waals surface area contributed by atoms with Crippen molar-refractivity contribution in [3.8, 4) is 0 Å². The summed E-state index contributed by atoms with van der Waals surface area (Å²) in [6, 6.07) is 1.62. The fourth-order valence-corrected chi connectivity index (χ4v) is 2.88. The molecular formula is C15H22N6O4. The van der Waals surface area contributed by atoms with Crippen LogP contribution in [0.15, 0.2) is 6.07 Å². The molecule has 1 aromatic rings. The number of amides is 3. The molecule has 2 aliphatic rings. The third kappa shape index (κ3) is 3.97. The van der Waals surface area contributed by atoms with Crippen molar-refractivity contribution < 1.29 is 19.1 Å². The Morgan fingerprint density at radius 3 is 2.76 bits per heavy atom. The molecular weight excluding hydrogens is 328 g/mol. The van der Waals surface area contributed by atoms with E-state index in [9.17, 15) is 14.4 Å². The maximum absolute atomic E-state index is 12.3. The molecule has 136 valence electrons. The number of aromatic nitrogens is 2. The van der Waals surface area contributed by atoms with E-state index in [2.05, 4.69) is 21.0 Å². The van der Waals surface area contributed by atoms with Gasteiger partial charge in [0.25, 0.3) is 0 Å². The number of carbonyl (C=O) groups is 3. The van der Waals surface area contributed by atoms with Gasteiger partial charge in [-0.2, -0.15) is 5.10 Å². The second-order valence-electron chi connectivity index (χ2n) is 6.22. The number of nitrogens with zero attached hydrogens (tertiary/aromatic N) is 3. The number of carbonyl (C=O) groups excluding carboxylic acids is 3. The standard InChI is InChI=1S/C15H22N6O4/c1-9-8-12(22)18-15(16-9)21-11(7-10(2)19-21)17-13(23)14(24)20-3-5-25-6-4-20/h7,9,15-16H,3-6,8H2,1-2H3,(H,17,23)(H,18,22). The molecule has 0 aromatic carbocycles. The number of nitrogens with one attached hydrogen (secondary N) is 3. The minimum absolute atomic E-state index is 0.0261. The van der Waals surface area contributed by atoms with E-state index < -0.39 is 18.1 Å². The molecule has 3 N–H and O–H groups in total. The minimum atomic E-state index is -0.738. The van der Waals surface area contributed by atoms with Crippen molar-refractivity contribution in [3.63, 3.8) is 0 Å². The molecule has 0 aliphatic carbocycles. The van der Waals surface area contributed by atoms with Crippen molar-refractivity contribution in [2.45, 2.75) is 32.6 Å². The number of hydrogen-bond acceptors (Lipinski definition) is 6. The number of ether oxygens (including phenoxy) is 1. The van der Waals surface area contributed by atoms with Gasteiger partial charge >= 0.3 is 11.8 Å². The van der Waals surface area contributed by atoms with E-state index in [1.54, 1.807) is 13.0 Å². The van der Waals surface area contributed by atoms with E-state index in [1.165, 1.54) is 9.58 Å². The summed E-state index contributed by atoms with van der Waals surface area (Å²) in [7, 11) is 0. The van der Waals surface area contributed by atoms with E-state index >= 15 is 0 Å². The van der Waals surface area contributed by atoms with Crippen molar-refractivity contribution in [1.82, 2.24) is 25.3 Å². The summed E-state index contributed by atoms with van der Waals surface area (Å²) in [6.45, 7) is 5.29. The lowest BCUT2D eigenvalue weighted by Crippen LogP contribution is -2.52. The number of hydrogen-bond donors (Lipinski definition) is 3. The average Bonchev–Trinajstić information content (AvgIpc) is 2.94. The van der Waals surface area contributed by atoms with Gasteiger partial charge in [0.1, 0.15) is 5.82 Å². The molecule has 2 saturated heterocycles. The molecule has 0 radical (unpaired) electrons. The van der Waals surface area contributed by atoms with E-state index in [0.29, 0.717) is 44.2 Å². The second-order valence-corrected chi connectivity index (χ2v) is 6.22. The summed E-state index contributed by atoms with van der Waals surface area (Å²) in [5, 5.41) is 12.9. The van der Waals surface area contributed by atoms with Crippen molar-refractivity contribution in [1.29, 1.82) is 0 Å². The predicted molar refractivity (Wildman–Crippen MR) is 87.4 cm³/mol. The van der Waals surface area contributed by atoms with Crippen LogP contribution >= 0.6 is 0 Å². The first kappa shape index (κ1) is 17.4. The second kappa shape index (κ2) is 7.19. The molecule has 1 aromatic heterocycles. The van der Waals surface area contributed by atoms with Gasteiger partial charge < -0.3 is 20.3 Å². The molecule has 2 fully saturated rings. The Balaban J connectivity index is 1.73. The summed E-state index contributed by atoms with van der Waals surface area (Å²) >= 11 is 0. The van der Waals surface area contributed by atoms with Crippen molar-refractivity contribution in [2.75, 3.05) is 31.6 Å². The van der Waals surface area contributed by atoms with Gasteiger partial charge in [0.2, 0.25) is 5.91 Å². The summed E-state index contributed by atoms with van der Waals surface area (Å²) in [5.41, 5.74) is 0.656. The highest BCUT2D eigenvalue weighted by atomic mass is 16.5. The highest BCUT2D eigenvalue weighted by Gasteiger charge is 2.29. The molecule has 3 heterocycles. The normalized spacial score (nSPS) is 23.9. The van der Waals surface area contributed by atoms with Crippen molar-refractivity contribution >= 4 is 23.5 Å². The highest BCUT2D eigenvalue weighted by Crippen LogP contribution is 2.17. The first-order chi connectivity index (χ1) is 11.9. The monoisotopic (exact) mass is 350 g/mol. The van der Waals surface area contributed by atoms with Gasteiger partial charge in [0.05, 0.1) is 18.9 Å². The minimum Gasteiger partial charge on any atom is -0.378 e. The molecule has 0 bridgehead atoms. The van der Waals surface area contributed by atoms with Crippen LogP contribution in [0.3, 0.4) is 0 Å². The van der Waals surface area contributed by atoms with Crippen LogP contribution in [0.1, 0.15) is 25.3 Å². The van der Waals surface area contributed by atoms with E-state index in [-0.39, 0.29) is 11.9 Å². The molecule has 3 rings (SSSR count). The highest BCUT2D eigenvalue weighted by molar-refractivity contribution is 6.39. The predicted octanol–water partition coefficient (Wildman–Crippen LogP) is -1.06. The summed E-state index contributed by atoms with van der Waals surface area (Å²) in [4.78, 5) is 37.8. The van der Waals surface area contributed by atoms with Crippen LogP contribution in [-0.4, -0.2) is 64.7 Å². The number of anilines is 1. The Hall–Kier alpha value is -2.46. The van der Waals surface area contributed by atoms with Gasteiger partial charge in [-0.1, -0.05) is 0 Å². The molecule has 2 unspecified atom stereocenters. The van der Waals surface area contributed by atoms with Crippen LogP contribution in [0.2, 0.25) is 0 Å². The third-order valence-corrected chi connectivity index (χ3v) is 4.07. The zero-order valence-corrected chi connectivity index (χ0v) is 14.2. The summed E-state index contributed by atoms with van der Waals surface area (Å²) < 4.78 is 6.65. The Bertz CT molecular complexity index is 682. The molecule has 2 aliphatic heterocycles. The first-order valence-corrected chi connectivity index (χ1v) is 8.23. The lowest BCUT2D eigenvalue weighted by Gasteiger charge is -2.30. The Morgan fingerprint density at radius 1 is 1.36 bits per heavy atom. The molecule has 0 spiro atoms. The first-order valence-electron chi connectivity index (χ1n) is 8.23. The maximum Gasteiger partial charge on any atom is 0.315 e. The van der Waals surface area contributed by atoms with Gasteiger partial charge in [-0.25, -0.2) is 4.68 Å². The molecule has 10 heteroatoms. The Kier molecular flexibility index (Phi) is 5.00. The molecule has 2 atom stereocenters. The fraction of sp³-hybridized carbons (Fsp3) is 0.600. The van der Waals surface area contributed by atoms with Gasteiger partial charge in [-0.3, -0.25) is 19.7 Å². The number of morpholine rings is 1. The van der Waals surface area contributed by atoms with Crippen molar-refractivity contribution in [3.05, 3.63) is 11.8 Å².